The first-order chi connectivity index (χ1) is 34.7. The van der Waals surface area contributed by atoms with Crippen LogP contribution in [-0.4, -0.2) is 145 Å². The second-order valence-electron chi connectivity index (χ2n) is 16.8. The largest absolute Gasteiger partial charge is 0.455 e. The number of carbonyl (C=O) groups is 6. The number of pyridine rings is 1. The van der Waals surface area contributed by atoms with Gasteiger partial charge in [-0.25, -0.2) is 18.1 Å². The van der Waals surface area contributed by atoms with Crippen LogP contribution in [0.3, 0.4) is 0 Å². The maximum Gasteiger partial charge on any atom is 0.268 e. The van der Waals surface area contributed by atoms with Gasteiger partial charge in [-0.15, -0.1) is 17.0 Å². The van der Waals surface area contributed by atoms with Crippen molar-refractivity contribution in [2.24, 2.45) is 5.92 Å². The van der Waals surface area contributed by atoms with Gasteiger partial charge in [0.25, 0.3) is 27.7 Å². The van der Waals surface area contributed by atoms with Crippen molar-refractivity contribution in [2.75, 3.05) is 81.3 Å². The zero-order chi connectivity index (χ0) is 50.9. The number of H-pyrrole nitrogens is 1. The lowest BCUT2D eigenvalue weighted by Gasteiger charge is -2.32. The number of nitrogens with two attached hydrogens (primary N) is 1. The molecule has 3 aromatic carbocycles. The minimum atomic E-state index is -4.55. The van der Waals surface area contributed by atoms with Gasteiger partial charge in [0.1, 0.15) is 35.5 Å². The summed E-state index contributed by atoms with van der Waals surface area (Å²) >= 11 is 1.35. The Morgan fingerprint density at radius 2 is 1.67 bits per heavy atom. The van der Waals surface area contributed by atoms with Gasteiger partial charge in [-0.2, -0.15) is 0 Å². The molecule has 23 nitrogen and oxygen atoms in total. The molecule has 0 aliphatic carbocycles. The van der Waals surface area contributed by atoms with E-state index >= 15 is 0 Å². The summed E-state index contributed by atoms with van der Waals surface area (Å²) in [6, 6.07) is 15.0. The van der Waals surface area contributed by atoms with E-state index in [1.165, 1.54) is 48.3 Å². The number of fused-ring (bicyclic) bond motifs is 2. The van der Waals surface area contributed by atoms with Gasteiger partial charge in [-0.1, -0.05) is 6.07 Å². The second-order valence-corrected chi connectivity index (χ2v) is 19.6. The first-order valence-corrected chi connectivity index (χ1v) is 25.3. The number of hydrogen-bond acceptors (Lipinski definition) is 19. The van der Waals surface area contributed by atoms with E-state index in [9.17, 15) is 47.6 Å². The molecule has 25 heteroatoms. The Hall–Kier alpha value is -7.13. The number of carbonyl (C=O) groups excluding carboxylic acids is 6. The van der Waals surface area contributed by atoms with Crippen LogP contribution in [0.15, 0.2) is 88.9 Å². The van der Waals surface area contributed by atoms with Crippen LogP contribution in [0.4, 0.5) is 17.1 Å². The number of ether oxygens (including phenoxy) is 4. The molecule has 0 bridgehead atoms. The first kappa shape index (κ1) is 51.2. The predicted molar refractivity (Wildman–Crippen MR) is 258 cm³/mol. The fourth-order valence-corrected chi connectivity index (χ4v) is 10.2. The Labute approximate surface area is 416 Å². The highest BCUT2D eigenvalue weighted by atomic mass is 32.2. The standard InChI is InChI=1S/C47H51N9O14S2/c48-30-4-6-33(38(23-30)70-31-22-29-10-13-49-43(29)51-26-31)44(59)53-72(65,66)32-5-7-35(37(24-32)56(63)64)50-25-28-11-14-54(15-12-28)41(58)27-69-19-18-67-16-17-68-20-21-71-39-3-1-2-34-42(39)47(62)55(46(34)61)36-8-9-40(57)52-45(36)60/h1-7,10,13,22-24,26,28,36,50,63-64H,8-9,11-12,14-21,25,27,48H2,(H,49,51)(H,53,59)(H,52,57,60). The normalized spacial score (nSPS) is 16.2. The van der Waals surface area contributed by atoms with E-state index in [-0.39, 0.29) is 102 Å². The smallest absolute Gasteiger partial charge is 0.268 e. The van der Waals surface area contributed by atoms with E-state index in [0.29, 0.717) is 62.0 Å². The van der Waals surface area contributed by atoms with Crippen LogP contribution in [-0.2, 0) is 38.6 Å². The highest BCUT2D eigenvalue weighted by Gasteiger charge is 2.45. The Morgan fingerprint density at radius 1 is 0.903 bits per heavy atom. The fourth-order valence-electron chi connectivity index (χ4n) is 8.29. The number of rotatable bonds is 22. The first-order valence-electron chi connectivity index (χ1n) is 22.8. The molecule has 0 radical (unpaired) electrons. The summed E-state index contributed by atoms with van der Waals surface area (Å²) < 4.78 is 51.5. The van der Waals surface area contributed by atoms with Crippen molar-refractivity contribution in [3.63, 3.8) is 0 Å². The summed E-state index contributed by atoms with van der Waals surface area (Å²) in [7, 11) is -4.55. The van der Waals surface area contributed by atoms with Gasteiger partial charge >= 0.3 is 0 Å². The zero-order valence-electron chi connectivity index (χ0n) is 38.5. The molecule has 380 valence electrons. The van der Waals surface area contributed by atoms with Gasteiger partial charge in [0.2, 0.25) is 17.7 Å². The van der Waals surface area contributed by atoms with Gasteiger partial charge < -0.3 is 39.9 Å². The van der Waals surface area contributed by atoms with E-state index in [1.807, 2.05) is 4.72 Å². The number of piperidine rings is 2. The number of aromatic amines is 1. The Balaban J connectivity index is 0.705. The van der Waals surface area contributed by atoms with Crippen LogP contribution in [0, 0.1) is 5.92 Å². The maximum absolute atomic E-state index is 13.4. The van der Waals surface area contributed by atoms with E-state index in [2.05, 4.69) is 20.6 Å². The quantitative estimate of drug-likeness (QED) is 0.0171. The van der Waals surface area contributed by atoms with Crippen molar-refractivity contribution >= 4 is 85.3 Å². The van der Waals surface area contributed by atoms with E-state index < -0.39 is 50.5 Å². The number of nitrogen functional groups attached to an aromatic ring is 1. The number of aromatic nitrogens is 2. The van der Waals surface area contributed by atoms with Crippen molar-refractivity contribution in [1.29, 1.82) is 0 Å². The van der Waals surface area contributed by atoms with Crippen LogP contribution in [0.5, 0.6) is 11.5 Å². The van der Waals surface area contributed by atoms with Crippen molar-refractivity contribution in [3.05, 3.63) is 95.8 Å². The molecule has 1 atom stereocenters. The number of benzene rings is 3. The molecule has 72 heavy (non-hydrogen) atoms. The van der Waals surface area contributed by atoms with Crippen molar-refractivity contribution in [2.45, 2.75) is 41.5 Å². The Kier molecular flexibility index (Phi) is 16.3. The fraction of sp³-hybridized carbons (Fsp3) is 0.340. The average Bonchev–Trinajstić information content (AvgIpc) is 3.93. The molecule has 5 heterocycles. The van der Waals surface area contributed by atoms with E-state index in [4.69, 9.17) is 24.7 Å². The highest BCUT2D eigenvalue weighted by Crippen LogP contribution is 2.35. The highest BCUT2D eigenvalue weighted by molar-refractivity contribution is 7.99. The summed E-state index contributed by atoms with van der Waals surface area (Å²) in [5.74, 6) is -2.60. The zero-order valence-corrected chi connectivity index (χ0v) is 40.2. The van der Waals surface area contributed by atoms with E-state index in [1.54, 1.807) is 41.4 Å². The number of likely N-dealkylation sites (tertiary alicyclic amines) is 1. The van der Waals surface area contributed by atoms with Crippen molar-refractivity contribution in [3.8, 4) is 11.5 Å². The molecule has 5 aromatic rings. The molecule has 0 spiro atoms. The SMILES string of the molecule is Nc1ccc(C(=O)NS(=O)(=O)c2ccc(NCC3CCN(C(=O)COCCOCCOCCSc4cccc5c4C(=O)N(C4CCC(=O)NC4=O)C5=O)CC3)c(N(O)O)c2)c(Oc2cnc3[nH]ccc3c2)c1. The monoisotopic (exact) mass is 1030 g/mol. The van der Waals surface area contributed by atoms with Gasteiger partial charge in [-0.05, 0) is 79.8 Å². The Morgan fingerprint density at radius 3 is 2.43 bits per heavy atom. The molecule has 6 amide bonds. The lowest BCUT2D eigenvalue weighted by molar-refractivity contribution is -0.138. The number of nitrogens with one attached hydrogen (secondary N) is 4. The van der Waals surface area contributed by atoms with Crippen LogP contribution in [0.25, 0.3) is 11.0 Å². The minimum Gasteiger partial charge on any atom is -0.455 e. The number of imide groups is 2. The summed E-state index contributed by atoms with van der Waals surface area (Å²) in [6.45, 7) is 2.53. The second kappa shape index (κ2) is 23.0. The van der Waals surface area contributed by atoms with Gasteiger partial charge in [-0.3, -0.25) is 49.4 Å². The third-order valence-corrected chi connectivity index (χ3v) is 14.4. The molecule has 2 aromatic heterocycles. The molecule has 2 fully saturated rings. The summed E-state index contributed by atoms with van der Waals surface area (Å²) in [5.41, 5.74) is 7.06. The number of thioether (sulfide) groups is 1. The number of amides is 6. The van der Waals surface area contributed by atoms with Gasteiger partial charge in [0, 0.05) is 60.0 Å². The average molecular weight is 1030 g/mol. The van der Waals surface area contributed by atoms with Gasteiger partial charge in [0.05, 0.1) is 66.5 Å². The number of sulfonamides is 1. The van der Waals surface area contributed by atoms with Crippen LogP contribution >= 0.6 is 11.8 Å². The lowest BCUT2D eigenvalue weighted by atomic mass is 9.96. The third-order valence-electron chi connectivity index (χ3n) is 12.0. The molecule has 1 unspecified atom stereocenters. The molecule has 3 aliphatic rings. The molecule has 0 saturated carbocycles. The Bertz CT molecular complexity index is 2980. The van der Waals surface area contributed by atoms with Crippen molar-refractivity contribution in [1.82, 2.24) is 29.8 Å². The summed E-state index contributed by atoms with van der Waals surface area (Å²) in [4.78, 5) is 86.6. The number of nitrogens with zero attached hydrogens (tertiary/aromatic N) is 4. The molecule has 8 rings (SSSR count). The van der Waals surface area contributed by atoms with Crippen molar-refractivity contribution < 1.29 is 66.5 Å². The van der Waals surface area contributed by atoms with Crippen LogP contribution < -0.4 is 31.1 Å². The molecular weight excluding hydrogens is 979 g/mol. The number of hydrogen-bond donors (Lipinski definition) is 7. The number of anilines is 3. The molecule has 3 aliphatic heterocycles. The van der Waals surface area contributed by atoms with Crippen LogP contribution in [0.1, 0.15) is 56.8 Å². The lowest BCUT2D eigenvalue weighted by Crippen LogP contribution is -2.54. The minimum absolute atomic E-state index is 0.0206. The third kappa shape index (κ3) is 12.1. The predicted octanol–water partition coefficient (Wildman–Crippen LogP) is 3.53. The molecule has 8 N–H and O–H groups in total. The topological polar surface area (TPSA) is 314 Å². The van der Waals surface area contributed by atoms with Gasteiger partial charge in [0.15, 0.2) is 0 Å². The molecule has 2 saturated heterocycles. The van der Waals surface area contributed by atoms with Crippen LogP contribution in [0.2, 0.25) is 0 Å². The summed E-state index contributed by atoms with van der Waals surface area (Å²) in [6.07, 6.45) is 4.53. The molecular formula is C47H51N9O14S2. The van der Waals surface area contributed by atoms with E-state index in [0.717, 1.165) is 16.4 Å². The summed E-state index contributed by atoms with van der Waals surface area (Å²) in [5, 5.41) is 26.0. The maximum atomic E-state index is 13.4.